The molecule has 0 radical (unpaired) electrons. The summed E-state index contributed by atoms with van der Waals surface area (Å²) in [7, 11) is 0. The zero-order valence-corrected chi connectivity index (χ0v) is 14.0. The van der Waals surface area contributed by atoms with E-state index in [4.69, 9.17) is 4.74 Å². The lowest BCUT2D eigenvalue weighted by Crippen LogP contribution is -2.06. The Balaban J connectivity index is 2.03. The van der Waals surface area contributed by atoms with Crippen molar-refractivity contribution in [1.82, 2.24) is 15.4 Å². The number of ether oxygens (including phenoxy) is 1. The number of H-pyrrole nitrogens is 1. The number of hydrogen-bond donors (Lipinski definition) is 1. The lowest BCUT2D eigenvalue weighted by molar-refractivity contribution is 0.0520. The number of rotatable bonds is 4. The molecular weight excluding hydrogens is 302 g/mol. The molecule has 1 aromatic heterocycles. The molecule has 5 heteroatoms. The van der Waals surface area contributed by atoms with Crippen molar-refractivity contribution in [3.8, 4) is 22.4 Å². The van der Waals surface area contributed by atoms with Crippen molar-refractivity contribution in [2.24, 2.45) is 0 Å². The van der Waals surface area contributed by atoms with Gasteiger partial charge in [0.15, 0.2) is 5.69 Å². The van der Waals surface area contributed by atoms with Crippen LogP contribution in [0, 0.1) is 13.8 Å². The first kappa shape index (κ1) is 15.9. The van der Waals surface area contributed by atoms with E-state index in [1.165, 1.54) is 11.1 Å². The Morgan fingerprint density at radius 1 is 1.00 bits per heavy atom. The summed E-state index contributed by atoms with van der Waals surface area (Å²) in [4.78, 5) is 12.0. The van der Waals surface area contributed by atoms with Gasteiger partial charge in [-0.2, -0.15) is 10.3 Å². The normalized spacial score (nSPS) is 10.6. The first-order valence-electron chi connectivity index (χ1n) is 7.85. The van der Waals surface area contributed by atoms with Crippen molar-refractivity contribution in [3.63, 3.8) is 0 Å². The fourth-order valence-corrected chi connectivity index (χ4v) is 2.76. The van der Waals surface area contributed by atoms with Gasteiger partial charge in [0.2, 0.25) is 0 Å². The van der Waals surface area contributed by atoms with Gasteiger partial charge in [0.1, 0.15) is 5.69 Å². The highest BCUT2D eigenvalue weighted by Gasteiger charge is 2.19. The second-order valence-electron chi connectivity index (χ2n) is 5.70. The molecule has 3 rings (SSSR count). The molecule has 0 saturated heterocycles. The zero-order chi connectivity index (χ0) is 17.1. The van der Waals surface area contributed by atoms with Gasteiger partial charge in [-0.15, -0.1) is 5.10 Å². The van der Waals surface area contributed by atoms with Gasteiger partial charge < -0.3 is 4.74 Å². The summed E-state index contributed by atoms with van der Waals surface area (Å²) in [6.45, 7) is 6.22. The van der Waals surface area contributed by atoms with Crippen molar-refractivity contribution in [2.75, 3.05) is 6.61 Å². The van der Waals surface area contributed by atoms with E-state index in [2.05, 4.69) is 47.5 Å². The molecule has 1 heterocycles. The van der Waals surface area contributed by atoms with Crippen molar-refractivity contribution in [3.05, 3.63) is 59.3 Å². The molecule has 0 saturated carbocycles. The Labute approximate surface area is 140 Å². The summed E-state index contributed by atoms with van der Waals surface area (Å²) in [5.74, 6) is -0.474. The maximum atomic E-state index is 12.0. The van der Waals surface area contributed by atoms with Crippen LogP contribution in [0.5, 0.6) is 0 Å². The average Bonchev–Trinajstić information content (AvgIpc) is 3.04. The van der Waals surface area contributed by atoms with E-state index in [0.29, 0.717) is 12.3 Å². The summed E-state index contributed by atoms with van der Waals surface area (Å²) in [6.07, 6.45) is 0. The Bertz CT molecular complexity index is 864. The number of nitrogens with one attached hydrogen (secondary N) is 1. The van der Waals surface area contributed by atoms with Crippen LogP contribution in [0.2, 0.25) is 0 Å². The van der Waals surface area contributed by atoms with Crippen LogP contribution in [0.3, 0.4) is 0 Å². The highest BCUT2D eigenvalue weighted by Crippen LogP contribution is 2.28. The lowest BCUT2D eigenvalue weighted by Gasteiger charge is -2.07. The molecule has 122 valence electrons. The second-order valence-corrected chi connectivity index (χ2v) is 5.70. The van der Waals surface area contributed by atoms with Crippen LogP contribution in [-0.2, 0) is 4.74 Å². The monoisotopic (exact) mass is 321 g/mol. The molecule has 24 heavy (non-hydrogen) atoms. The van der Waals surface area contributed by atoms with Gasteiger partial charge in [0.25, 0.3) is 0 Å². The van der Waals surface area contributed by atoms with Gasteiger partial charge in [-0.25, -0.2) is 4.79 Å². The van der Waals surface area contributed by atoms with Crippen LogP contribution < -0.4 is 0 Å². The third-order valence-corrected chi connectivity index (χ3v) is 3.71. The molecule has 0 aliphatic heterocycles. The molecule has 0 fully saturated rings. The van der Waals surface area contributed by atoms with E-state index >= 15 is 0 Å². The first-order chi connectivity index (χ1) is 11.6. The van der Waals surface area contributed by atoms with Gasteiger partial charge in [-0.3, -0.25) is 0 Å². The summed E-state index contributed by atoms with van der Waals surface area (Å²) in [5, 5.41) is 10.6. The number of esters is 1. The zero-order valence-electron chi connectivity index (χ0n) is 14.0. The number of aryl methyl sites for hydroxylation is 2. The lowest BCUT2D eigenvalue weighted by atomic mass is 9.98. The van der Waals surface area contributed by atoms with E-state index in [1.54, 1.807) is 6.92 Å². The smallest absolute Gasteiger partial charge is 0.361 e. The van der Waals surface area contributed by atoms with E-state index in [1.807, 2.05) is 24.3 Å². The highest BCUT2D eigenvalue weighted by atomic mass is 16.5. The summed E-state index contributed by atoms with van der Waals surface area (Å²) < 4.78 is 5.03. The van der Waals surface area contributed by atoms with Crippen molar-refractivity contribution in [2.45, 2.75) is 20.8 Å². The van der Waals surface area contributed by atoms with Crippen molar-refractivity contribution < 1.29 is 9.53 Å². The predicted molar refractivity (Wildman–Crippen MR) is 92.7 cm³/mol. The number of carbonyl (C=O) groups excluding carboxylic acids is 1. The average molecular weight is 321 g/mol. The summed E-state index contributed by atoms with van der Waals surface area (Å²) >= 11 is 0. The van der Waals surface area contributed by atoms with Crippen LogP contribution in [-0.4, -0.2) is 28.0 Å². The predicted octanol–water partition coefficient (Wildman–Crippen LogP) is 3.93. The standard InChI is InChI=1S/C19H19N3O2/c1-4-24-19(23)18-17(20-22-21-18)15-7-5-6-14(11-15)16-9-12(2)8-13(3)10-16/h5-11H,4H2,1-3H3,(H,20,21,22). The molecule has 2 aromatic carbocycles. The Hall–Kier alpha value is -2.95. The maximum Gasteiger partial charge on any atom is 0.361 e. The molecular formula is C19H19N3O2. The van der Waals surface area contributed by atoms with Crippen LogP contribution >= 0.6 is 0 Å². The second kappa shape index (κ2) is 6.66. The van der Waals surface area contributed by atoms with Crippen molar-refractivity contribution in [1.29, 1.82) is 0 Å². The molecule has 0 spiro atoms. The van der Waals surface area contributed by atoms with Gasteiger partial charge in [0.05, 0.1) is 6.61 Å². The van der Waals surface area contributed by atoms with E-state index in [0.717, 1.165) is 16.7 Å². The van der Waals surface area contributed by atoms with Crippen LogP contribution in [0.25, 0.3) is 22.4 Å². The highest BCUT2D eigenvalue weighted by molar-refractivity contribution is 5.94. The van der Waals surface area contributed by atoms with Crippen LogP contribution in [0.15, 0.2) is 42.5 Å². The topological polar surface area (TPSA) is 67.9 Å². The van der Waals surface area contributed by atoms with Gasteiger partial charge in [-0.1, -0.05) is 47.5 Å². The molecule has 3 aromatic rings. The number of carbonyl (C=O) groups is 1. The van der Waals surface area contributed by atoms with E-state index < -0.39 is 5.97 Å². The third-order valence-electron chi connectivity index (χ3n) is 3.71. The molecule has 1 N–H and O–H groups in total. The fourth-order valence-electron chi connectivity index (χ4n) is 2.76. The molecule has 0 unspecified atom stereocenters. The Morgan fingerprint density at radius 2 is 1.71 bits per heavy atom. The minimum absolute atomic E-state index is 0.203. The third kappa shape index (κ3) is 3.20. The van der Waals surface area contributed by atoms with Gasteiger partial charge in [-0.05, 0) is 38.0 Å². The minimum atomic E-state index is -0.474. The van der Waals surface area contributed by atoms with Crippen LogP contribution in [0.1, 0.15) is 28.5 Å². The van der Waals surface area contributed by atoms with Crippen LogP contribution in [0.4, 0.5) is 0 Å². The number of aromatic nitrogens is 3. The first-order valence-corrected chi connectivity index (χ1v) is 7.85. The number of aromatic amines is 1. The molecule has 0 amide bonds. The van der Waals surface area contributed by atoms with E-state index in [-0.39, 0.29) is 5.69 Å². The minimum Gasteiger partial charge on any atom is -0.461 e. The molecule has 0 aliphatic carbocycles. The van der Waals surface area contributed by atoms with Gasteiger partial charge >= 0.3 is 5.97 Å². The Kier molecular flexibility index (Phi) is 4.42. The van der Waals surface area contributed by atoms with E-state index in [9.17, 15) is 4.79 Å². The summed E-state index contributed by atoms with van der Waals surface area (Å²) in [6, 6.07) is 14.3. The maximum absolute atomic E-state index is 12.0. The number of hydrogen-bond acceptors (Lipinski definition) is 4. The SMILES string of the molecule is CCOC(=O)c1n[nH]nc1-c1cccc(-c2cc(C)cc(C)c2)c1. The number of benzene rings is 2. The van der Waals surface area contributed by atoms with Crippen molar-refractivity contribution >= 4 is 5.97 Å². The fraction of sp³-hybridized carbons (Fsp3) is 0.211. The molecule has 5 nitrogen and oxygen atoms in total. The molecule has 0 aliphatic rings. The Morgan fingerprint density at radius 3 is 2.42 bits per heavy atom. The molecule has 0 bridgehead atoms. The summed E-state index contributed by atoms with van der Waals surface area (Å²) in [5.41, 5.74) is 6.15. The molecule has 0 atom stereocenters. The number of nitrogens with zero attached hydrogens (tertiary/aromatic N) is 2. The van der Waals surface area contributed by atoms with Gasteiger partial charge in [0, 0.05) is 5.56 Å². The largest absolute Gasteiger partial charge is 0.461 e. The quantitative estimate of drug-likeness (QED) is 0.739.